The van der Waals surface area contributed by atoms with Crippen LogP contribution in [0, 0.1) is 5.41 Å². The molecule has 1 saturated heterocycles. The van der Waals surface area contributed by atoms with Gasteiger partial charge in [0, 0.05) is 30.4 Å². The van der Waals surface area contributed by atoms with E-state index in [9.17, 15) is 4.79 Å². The Morgan fingerprint density at radius 2 is 1.86 bits per heavy atom. The normalized spacial score (nSPS) is 20.9. The summed E-state index contributed by atoms with van der Waals surface area (Å²) >= 11 is 0. The van der Waals surface area contributed by atoms with E-state index >= 15 is 0 Å². The van der Waals surface area contributed by atoms with E-state index in [0.29, 0.717) is 12.1 Å². The highest BCUT2D eigenvalue weighted by Gasteiger charge is 2.35. The Balaban J connectivity index is 1.75. The van der Waals surface area contributed by atoms with Crippen molar-refractivity contribution in [2.45, 2.75) is 26.3 Å². The van der Waals surface area contributed by atoms with E-state index in [4.69, 9.17) is 5.73 Å². The summed E-state index contributed by atoms with van der Waals surface area (Å²) in [6, 6.07) is 7.64. The first-order valence-corrected chi connectivity index (χ1v) is 7.47. The zero-order valence-corrected chi connectivity index (χ0v) is 12.9. The largest absolute Gasteiger partial charge is 0.338 e. The first-order chi connectivity index (χ1) is 10.5. The summed E-state index contributed by atoms with van der Waals surface area (Å²) in [5, 5.41) is 7.56. The lowest BCUT2D eigenvalue weighted by Crippen LogP contribution is -2.53. The van der Waals surface area contributed by atoms with Gasteiger partial charge in [0.05, 0.1) is 0 Å². The van der Waals surface area contributed by atoms with Crippen molar-refractivity contribution in [3.8, 4) is 5.69 Å². The standard InChI is InChI=1S/C16H21N5O/c1-16(2)9-20(8-7-14(16)17)15(22)12-3-5-13(6-4-12)21-10-18-19-11-21/h3-6,10-11,14H,7-9,17H2,1-2H3. The van der Waals surface area contributed by atoms with Gasteiger partial charge >= 0.3 is 0 Å². The molecule has 3 rings (SSSR count). The van der Waals surface area contributed by atoms with Crippen molar-refractivity contribution in [3.05, 3.63) is 42.5 Å². The van der Waals surface area contributed by atoms with Crippen LogP contribution in [0.25, 0.3) is 5.69 Å². The zero-order chi connectivity index (χ0) is 15.7. The van der Waals surface area contributed by atoms with Crippen LogP contribution < -0.4 is 5.73 Å². The van der Waals surface area contributed by atoms with Gasteiger partial charge in [-0.2, -0.15) is 0 Å². The molecular formula is C16H21N5O. The first kappa shape index (κ1) is 14.7. The van der Waals surface area contributed by atoms with Crippen molar-refractivity contribution < 1.29 is 4.79 Å². The summed E-state index contributed by atoms with van der Waals surface area (Å²) in [7, 11) is 0. The molecule has 0 bridgehead atoms. The Morgan fingerprint density at radius 3 is 2.45 bits per heavy atom. The topological polar surface area (TPSA) is 77.0 Å². The highest BCUT2D eigenvalue weighted by Crippen LogP contribution is 2.28. The molecule has 1 aromatic carbocycles. The second-order valence-electron chi connectivity index (χ2n) is 6.53. The predicted molar refractivity (Wildman–Crippen MR) is 83.6 cm³/mol. The number of nitrogens with two attached hydrogens (primary N) is 1. The molecule has 1 aromatic heterocycles. The first-order valence-electron chi connectivity index (χ1n) is 7.47. The minimum absolute atomic E-state index is 0.0453. The Hall–Kier alpha value is -2.21. The number of hydrogen-bond acceptors (Lipinski definition) is 4. The average Bonchev–Trinajstić information content (AvgIpc) is 3.04. The molecule has 2 heterocycles. The Labute approximate surface area is 129 Å². The summed E-state index contributed by atoms with van der Waals surface area (Å²) in [4.78, 5) is 14.5. The van der Waals surface area contributed by atoms with Gasteiger partial charge in [-0.25, -0.2) is 0 Å². The highest BCUT2D eigenvalue weighted by molar-refractivity contribution is 5.94. The summed E-state index contributed by atoms with van der Waals surface area (Å²) in [5.74, 6) is 0.0651. The van der Waals surface area contributed by atoms with Crippen LogP contribution in [0.4, 0.5) is 0 Å². The quantitative estimate of drug-likeness (QED) is 0.911. The molecule has 0 spiro atoms. The van der Waals surface area contributed by atoms with Gasteiger partial charge in [0.15, 0.2) is 0 Å². The van der Waals surface area contributed by atoms with Crippen LogP contribution in [0.15, 0.2) is 36.9 Å². The number of piperidine rings is 1. The lowest BCUT2D eigenvalue weighted by atomic mass is 9.79. The monoisotopic (exact) mass is 299 g/mol. The number of carbonyl (C=O) groups is 1. The summed E-state index contributed by atoms with van der Waals surface area (Å²) in [6.07, 6.45) is 4.11. The third kappa shape index (κ3) is 2.74. The van der Waals surface area contributed by atoms with Crippen LogP contribution in [-0.4, -0.2) is 44.7 Å². The van der Waals surface area contributed by atoms with Crippen LogP contribution in [-0.2, 0) is 0 Å². The highest BCUT2D eigenvalue weighted by atomic mass is 16.2. The number of hydrogen-bond donors (Lipinski definition) is 1. The predicted octanol–water partition coefficient (Wildman–Crippen LogP) is 1.47. The fourth-order valence-corrected chi connectivity index (χ4v) is 2.84. The minimum atomic E-state index is -0.0453. The average molecular weight is 299 g/mol. The fraction of sp³-hybridized carbons (Fsp3) is 0.438. The van der Waals surface area contributed by atoms with Gasteiger partial charge in [-0.15, -0.1) is 10.2 Å². The molecule has 1 aliphatic heterocycles. The molecule has 22 heavy (non-hydrogen) atoms. The number of aromatic nitrogens is 3. The van der Waals surface area contributed by atoms with E-state index in [0.717, 1.165) is 18.7 Å². The van der Waals surface area contributed by atoms with Crippen molar-refractivity contribution in [3.63, 3.8) is 0 Å². The SMILES string of the molecule is CC1(C)CN(C(=O)c2ccc(-n3cnnc3)cc2)CCC1N. The molecule has 0 saturated carbocycles. The molecule has 2 aromatic rings. The van der Waals surface area contributed by atoms with E-state index < -0.39 is 0 Å². The molecule has 1 amide bonds. The number of rotatable bonds is 2. The van der Waals surface area contributed by atoms with Crippen LogP contribution in [0.2, 0.25) is 0 Å². The molecule has 0 aliphatic carbocycles. The van der Waals surface area contributed by atoms with Gasteiger partial charge < -0.3 is 10.6 Å². The van der Waals surface area contributed by atoms with Gasteiger partial charge in [0.25, 0.3) is 5.91 Å². The van der Waals surface area contributed by atoms with Crippen molar-refractivity contribution in [2.24, 2.45) is 11.1 Å². The molecule has 1 atom stereocenters. The third-order valence-electron chi connectivity index (χ3n) is 4.43. The molecule has 0 radical (unpaired) electrons. The molecule has 116 valence electrons. The van der Waals surface area contributed by atoms with E-state index in [2.05, 4.69) is 24.0 Å². The molecule has 6 heteroatoms. The lowest BCUT2D eigenvalue weighted by Gasteiger charge is -2.42. The van der Waals surface area contributed by atoms with E-state index in [1.807, 2.05) is 29.2 Å². The number of carbonyl (C=O) groups excluding carboxylic acids is 1. The van der Waals surface area contributed by atoms with Crippen LogP contribution in [0.3, 0.4) is 0 Å². The van der Waals surface area contributed by atoms with Gasteiger partial charge in [-0.1, -0.05) is 13.8 Å². The molecule has 1 aliphatic rings. The van der Waals surface area contributed by atoms with Gasteiger partial charge in [0.2, 0.25) is 0 Å². The maximum absolute atomic E-state index is 12.6. The van der Waals surface area contributed by atoms with Crippen molar-refractivity contribution in [2.75, 3.05) is 13.1 Å². The lowest BCUT2D eigenvalue weighted by molar-refractivity contribution is 0.0533. The Bertz CT molecular complexity index is 648. The molecule has 6 nitrogen and oxygen atoms in total. The van der Waals surface area contributed by atoms with Gasteiger partial charge in [-0.05, 0) is 36.1 Å². The number of amides is 1. The summed E-state index contributed by atoms with van der Waals surface area (Å²) < 4.78 is 1.80. The van der Waals surface area contributed by atoms with E-state index in [-0.39, 0.29) is 17.4 Å². The maximum Gasteiger partial charge on any atom is 0.253 e. The number of likely N-dealkylation sites (tertiary alicyclic amines) is 1. The fourth-order valence-electron chi connectivity index (χ4n) is 2.84. The summed E-state index contributed by atoms with van der Waals surface area (Å²) in [6.45, 7) is 5.65. The van der Waals surface area contributed by atoms with Crippen LogP contribution in [0.1, 0.15) is 30.6 Å². The van der Waals surface area contributed by atoms with Crippen LogP contribution >= 0.6 is 0 Å². The molecular weight excluding hydrogens is 278 g/mol. The van der Waals surface area contributed by atoms with Crippen molar-refractivity contribution >= 4 is 5.91 Å². The maximum atomic E-state index is 12.6. The van der Waals surface area contributed by atoms with Crippen molar-refractivity contribution in [1.82, 2.24) is 19.7 Å². The zero-order valence-electron chi connectivity index (χ0n) is 12.9. The molecule has 2 N–H and O–H groups in total. The second-order valence-corrected chi connectivity index (χ2v) is 6.53. The second kappa shape index (κ2) is 5.53. The Morgan fingerprint density at radius 1 is 1.23 bits per heavy atom. The van der Waals surface area contributed by atoms with Gasteiger partial charge in [-0.3, -0.25) is 9.36 Å². The van der Waals surface area contributed by atoms with E-state index in [1.54, 1.807) is 17.2 Å². The molecule has 1 unspecified atom stereocenters. The summed E-state index contributed by atoms with van der Waals surface area (Å²) in [5.41, 5.74) is 7.72. The van der Waals surface area contributed by atoms with Gasteiger partial charge in [0.1, 0.15) is 12.7 Å². The van der Waals surface area contributed by atoms with Crippen LogP contribution in [0.5, 0.6) is 0 Å². The number of nitrogens with zero attached hydrogens (tertiary/aromatic N) is 4. The smallest absolute Gasteiger partial charge is 0.253 e. The third-order valence-corrected chi connectivity index (χ3v) is 4.43. The Kier molecular flexibility index (Phi) is 3.70. The molecule has 1 fully saturated rings. The number of benzene rings is 1. The minimum Gasteiger partial charge on any atom is -0.338 e. The van der Waals surface area contributed by atoms with E-state index in [1.165, 1.54) is 0 Å². The van der Waals surface area contributed by atoms with Crippen molar-refractivity contribution in [1.29, 1.82) is 0 Å².